The first kappa shape index (κ1) is 8.52. The Bertz CT molecular complexity index is 317. The summed E-state index contributed by atoms with van der Waals surface area (Å²) in [6.45, 7) is 0. The number of pyridine rings is 1. The summed E-state index contributed by atoms with van der Waals surface area (Å²) in [4.78, 5) is 16.8. The summed E-state index contributed by atoms with van der Waals surface area (Å²) < 4.78 is 0. The van der Waals surface area contributed by atoms with Gasteiger partial charge in [0.1, 0.15) is 0 Å². The Morgan fingerprint density at radius 1 is 1.69 bits per heavy atom. The number of nitrogens with zero attached hydrogens (tertiary/aromatic N) is 2. The number of aliphatic hydroxyl groups excluding tert-OH is 1. The number of hydrogen-bond donors (Lipinski definition) is 1. The molecule has 0 aromatic carbocycles. The fourth-order valence-electron chi connectivity index (χ4n) is 1.13. The van der Waals surface area contributed by atoms with Gasteiger partial charge in [0.25, 0.3) is 5.91 Å². The standard InChI is InChI=1S/C8H8N2O2S/c11-7-8(12)13-5-10(7)6-2-1-3-9-4-6/h1-4,8,12H,5H2/t8-/m0/s1. The molecule has 13 heavy (non-hydrogen) atoms. The number of hydrogen-bond acceptors (Lipinski definition) is 4. The fourth-order valence-corrected chi connectivity index (χ4v) is 1.96. The normalized spacial score (nSPS) is 22.4. The molecule has 5 heteroatoms. The van der Waals surface area contributed by atoms with Gasteiger partial charge < -0.3 is 5.11 Å². The van der Waals surface area contributed by atoms with Crippen LogP contribution >= 0.6 is 11.8 Å². The highest BCUT2D eigenvalue weighted by Crippen LogP contribution is 2.26. The van der Waals surface area contributed by atoms with Crippen LogP contribution in [0.4, 0.5) is 5.69 Å². The largest absolute Gasteiger partial charge is 0.373 e. The number of aliphatic hydroxyl groups is 1. The molecular weight excluding hydrogens is 188 g/mol. The van der Waals surface area contributed by atoms with Crippen molar-refractivity contribution in [3.63, 3.8) is 0 Å². The lowest BCUT2D eigenvalue weighted by Crippen LogP contribution is -2.28. The molecule has 4 nitrogen and oxygen atoms in total. The van der Waals surface area contributed by atoms with E-state index in [-0.39, 0.29) is 5.91 Å². The smallest absolute Gasteiger partial charge is 0.267 e. The third kappa shape index (κ3) is 1.52. The van der Waals surface area contributed by atoms with E-state index >= 15 is 0 Å². The van der Waals surface area contributed by atoms with E-state index in [1.54, 1.807) is 24.5 Å². The predicted octanol–water partition coefficient (Wildman–Crippen LogP) is 0.437. The van der Waals surface area contributed by atoms with Gasteiger partial charge in [-0.05, 0) is 12.1 Å². The van der Waals surface area contributed by atoms with Crippen LogP contribution in [0.1, 0.15) is 0 Å². The molecule has 2 rings (SSSR count). The van der Waals surface area contributed by atoms with E-state index < -0.39 is 5.44 Å². The highest BCUT2D eigenvalue weighted by molar-refractivity contribution is 8.01. The van der Waals surface area contributed by atoms with Crippen molar-refractivity contribution in [2.75, 3.05) is 10.8 Å². The van der Waals surface area contributed by atoms with E-state index in [1.807, 2.05) is 0 Å². The zero-order valence-electron chi connectivity index (χ0n) is 6.75. The van der Waals surface area contributed by atoms with E-state index in [0.717, 1.165) is 5.69 Å². The van der Waals surface area contributed by atoms with Crippen LogP contribution in [0.2, 0.25) is 0 Å². The molecular formula is C8H8N2O2S. The van der Waals surface area contributed by atoms with Gasteiger partial charge in [0.15, 0.2) is 5.44 Å². The molecule has 1 aliphatic heterocycles. The quantitative estimate of drug-likeness (QED) is 0.708. The monoisotopic (exact) mass is 196 g/mol. The summed E-state index contributed by atoms with van der Waals surface area (Å²) in [5, 5.41) is 9.18. The van der Waals surface area contributed by atoms with Gasteiger partial charge in [-0.25, -0.2) is 0 Å². The third-order valence-electron chi connectivity index (χ3n) is 1.80. The Morgan fingerprint density at radius 2 is 2.54 bits per heavy atom. The number of aromatic nitrogens is 1. The minimum Gasteiger partial charge on any atom is -0.373 e. The first-order valence-electron chi connectivity index (χ1n) is 3.80. The highest BCUT2D eigenvalue weighted by Gasteiger charge is 2.31. The van der Waals surface area contributed by atoms with Crippen LogP contribution in [0.15, 0.2) is 24.5 Å². The second kappa shape index (κ2) is 3.35. The van der Waals surface area contributed by atoms with Gasteiger partial charge in [0.2, 0.25) is 0 Å². The number of carbonyl (C=O) groups excluding carboxylic acids is 1. The van der Waals surface area contributed by atoms with Crippen LogP contribution in [-0.2, 0) is 4.79 Å². The average molecular weight is 196 g/mol. The zero-order valence-corrected chi connectivity index (χ0v) is 7.57. The first-order chi connectivity index (χ1) is 6.29. The Labute approximate surface area is 79.6 Å². The molecule has 0 bridgehead atoms. The van der Waals surface area contributed by atoms with Gasteiger partial charge in [-0.2, -0.15) is 0 Å². The van der Waals surface area contributed by atoms with Gasteiger partial charge >= 0.3 is 0 Å². The maximum absolute atomic E-state index is 11.3. The molecule has 1 saturated heterocycles. The van der Waals surface area contributed by atoms with Crippen LogP contribution in [0.25, 0.3) is 0 Å². The fraction of sp³-hybridized carbons (Fsp3) is 0.250. The Balaban J connectivity index is 2.24. The summed E-state index contributed by atoms with van der Waals surface area (Å²) >= 11 is 1.21. The molecule has 1 amide bonds. The predicted molar refractivity (Wildman–Crippen MR) is 50.2 cm³/mol. The third-order valence-corrected chi connectivity index (χ3v) is 2.72. The van der Waals surface area contributed by atoms with Crippen LogP contribution in [0.5, 0.6) is 0 Å². The number of anilines is 1. The van der Waals surface area contributed by atoms with E-state index in [4.69, 9.17) is 0 Å². The maximum Gasteiger partial charge on any atom is 0.267 e. The van der Waals surface area contributed by atoms with Crippen molar-refractivity contribution in [2.45, 2.75) is 5.44 Å². The molecule has 1 aromatic rings. The molecule has 0 saturated carbocycles. The molecule has 1 atom stereocenters. The van der Waals surface area contributed by atoms with Crippen molar-refractivity contribution < 1.29 is 9.90 Å². The molecule has 0 aliphatic carbocycles. The van der Waals surface area contributed by atoms with E-state index in [9.17, 15) is 9.90 Å². The number of thioether (sulfide) groups is 1. The van der Waals surface area contributed by atoms with Crippen molar-refractivity contribution in [3.05, 3.63) is 24.5 Å². The van der Waals surface area contributed by atoms with Crippen LogP contribution in [0.3, 0.4) is 0 Å². The maximum atomic E-state index is 11.3. The van der Waals surface area contributed by atoms with Gasteiger partial charge in [0, 0.05) is 6.20 Å². The van der Waals surface area contributed by atoms with E-state index in [1.165, 1.54) is 16.7 Å². The van der Waals surface area contributed by atoms with Gasteiger partial charge in [-0.1, -0.05) is 11.8 Å². The number of carbonyl (C=O) groups is 1. The molecule has 68 valence electrons. The Kier molecular flexibility index (Phi) is 2.20. The van der Waals surface area contributed by atoms with Gasteiger partial charge in [-0.15, -0.1) is 0 Å². The molecule has 1 aromatic heterocycles. The summed E-state index contributed by atoms with van der Waals surface area (Å²) in [7, 11) is 0. The lowest BCUT2D eigenvalue weighted by atomic mass is 10.4. The van der Waals surface area contributed by atoms with E-state index in [2.05, 4.69) is 4.98 Å². The van der Waals surface area contributed by atoms with Crippen molar-refractivity contribution in [1.29, 1.82) is 0 Å². The summed E-state index contributed by atoms with van der Waals surface area (Å²) in [5.74, 6) is 0.226. The Morgan fingerprint density at radius 3 is 3.08 bits per heavy atom. The summed E-state index contributed by atoms with van der Waals surface area (Å²) in [5.41, 5.74) is -0.184. The number of rotatable bonds is 1. The van der Waals surface area contributed by atoms with Crippen molar-refractivity contribution in [2.24, 2.45) is 0 Å². The zero-order chi connectivity index (χ0) is 9.26. The molecule has 1 fully saturated rings. The highest BCUT2D eigenvalue weighted by atomic mass is 32.2. The van der Waals surface area contributed by atoms with Crippen molar-refractivity contribution >= 4 is 23.4 Å². The molecule has 1 aliphatic rings. The van der Waals surface area contributed by atoms with Crippen LogP contribution in [0, 0.1) is 0 Å². The second-order valence-corrected chi connectivity index (χ2v) is 3.66. The molecule has 1 N–H and O–H groups in total. The Hall–Kier alpha value is -1.07. The topological polar surface area (TPSA) is 53.4 Å². The van der Waals surface area contributed by atoms with Crippen molar-refractivity contribution in [3.8, 4) is 0 Å². The van der Waals surface area contributed by atoms with Crippen LogP contribution in [-0.4, -0.2) is 27.3 Å². The minimum absolute atomic E-state index is 0.266. The first-order valence-corrected chi connectivity index (χ1v) is 4.85. The average Bonchev–Trinajstić information content (AvgIpc) is 2.49. The van der Waals surface area contributed by atoms with Gasteiger partial charge in [0.05, 0.1) is 17.8 Å². The van der Waals surface area contributed by atoms with Gasteiger partial charge in [-0.3, -0.25) is 14.7 Å². The van der Waals surface area contributed by atoms with Crippen LogP contribution < -0.4 is 4.90 Å². The summed E-state index contributed by atoms with van der Waals surface area (Å²) in [6, 6.07) is 3.56. The molecule has 0 spiro atoms. The van der Waals surface area contributed by atoms with Crippen molar-refractivity contribution in [1.82, 2.24) is 4.98 Å². The second-order valence-electron chi connectivity index (χ2n) is 2.63. The van der Waals surface area contributed by atoms with E-state index in [0.29, 0.717) is 5.88 Å². The lowest BCUT2D eigenvalue weighted by molar-refractivity contribution is -0.121. The molecule has 0 unspecified atom stereocenters. The molecule has 0 radical (unpaired) electrons. The SMILES string of the molecule is O=C1[C@@H](O)SCN1c1cccnc1. The minimum atomic E-state index is -0.916. The summed E-state index contributed by atoms with van der Waals surface area (Å²) in [6.07, 6.45) is 3.25. The number of amides is 1. The lowest BCUT2D eigenvalue weighted by Gasteiger charge is -2.13. The molecule has 2 heterocycles.